The number of ether oxygens (including phenoxy) is 3. The van der Waals surface area contributed by atoms with E-state index in [1.165, 1.54) is 32.2 Å². The van der Waals surface area contributed by atoms with Gasteiger partial charge in [-0.25, -0.2) is 13.8 Å². The Morgan fingerprint density at radius 1 is 1.04 bits per heavy atom. The summed E-state index contributed by atoms with van der Waals surface area (Å²) < 4.78 is 43.9. The first-order chi connectivity index (χ1) is 13.0. The van der Waals surface area contributed by atoms with Gasteiger partial charge in [-0.1, -0.05) is 0 Å². The van der Waals surface area contributed by atoms with E-state index in [1.807, 2.05) is 0 Å². The van der Waals surface area contributed by atoms with Gasteiger partial charge in [0.25, 0.3) is 0 Å². The Labute approximate surface area is 153 Å². The lowest BCUT2D eigenvalue weighted by Gasteiger charge is -2.14. The van der Waals surface area contributed by atoms with Crippen molar-refractivity contribution < 1.29 is 27.8 Å². The van der Waals surface area contributed by atoms with Gasteiger partial charge in [0.2, 0.25) is 11.7 Å². The summed E-state index contributed by atoms with van der Waals surface area (Å²) in [6, 6.07) is 5.16. The topological polar surface area (TPSA) is 74.6 Å². The molecule has 0 spiro atoms. The number of benzene rings is 2. The van der Waals surface area contributed by atoms with E-state index >= 15 is 0 Å². The lowest BCUT2D eigenvalue weighted by Crippen LogP contribution is -2.18. The van der Waals surface area contributed by atoms with E-state index in [-0.39, 0.29) is 12.1 Å². The number of halogens is 2. The highest BCUT2D eigenvalue weighted by atomic mass is 19.2. The average molecular weight is 377 g/mol. The standard InChI is InChI=1S/C18H17F2N3O4/c1-25-15-4-10(5-16(26-2)18(15)27-3)22-17(24)8-23-9-21-13-6-11(19)12(20)7-14(13)23/h4-7,9H,8H2,1-3H3,(H,22,24). The van der Waals surface area contributed by atoms with Crippen LogP contribution >= 0.6 is 0 Å². The fourth-order valence-electron chi connectivity index (χ4n) is 2.69. The van der Waals surface area contributed by atoms with Crippen LogP contribution in [-0.4, -0.2) is 36.8 Å². The number of nitrogens with zero attached hydrogens (tertiary/aromatic N) is 2. The molecule has 1 amide bonds. The van der Waals surface area contributed by atoms with E-state index in [0.29, 0.717) is 28.5 Å². The van der Waals surface area contributed by atoms with Crippen molar-refractivity contribution >= 4 is 22.6 Å². The summed E-state index contributed by atoms with van der Waals surface area (Å²) in [7, 11) is 4.41. The summed E-state index contributed by atoms with van der Waals surface area (Å²) in [5.41, 5.74) is 1.000. The Kier molecular flexibility index (Phi) is 5.11. The maximum atomic E-state index is 13.5. The largest absolute Gasteiger partial charge is 0.493 e. The highest BCUT2D eigenvalue weighted by Crippen LogP contribution is 2.39. The molecule has 1 heterocycles. The molecule has 0 aliphatic rings. The molecule has 3 aromatic rings. The van der Waals surface area contributed by atoms with Crippen LogP contribution in [-0.2, 0) is 11.3 Å². The minimum Gasteiger partial charge on any atom is -0.493 e. The van der Waals surface area contributed by atoms with Crippen molar-refractivity contribution in [2.45, 2.75) is 6.54 Å². The monoisotopic (exact) mass is 377 g/mol. The van der Waals surface area contributed by atoms with Crippen molar-refractivity contribution in [3.8, 4) is 17.2 Å². The zero-order chi connectivity index (χ0) is 19.6. The second-order valence-corrected chi connectivity index (χ2v) is 5.59. The van der Waals surface area contributed by atoms with Gasteiger partial charge in [-0.15, -0.1) is 0 Å². The number of hydrogen-bond donors (Lipinski definition) is 1. The first kappa shape index (κ1) is 18.4. The fraction of sp³-hybridized carbons (Fsp3) is 0.222. The van der Waals surface area contributed by atoms with Crippen LogP contribution in [0.15, 0.2) is 30.6 Å². The van der Waals surface area contributed by atoms with Crippen molar-refractivity contribution in [1.82, 2.24) is 9.55 Å². The van der Waals surface area contributed by atoms with Crippen LogP contribution in [0.2, 0.25) is 0 Å². The highest BCUT2D eigenvalue weighted by molar-refractivity contribution is 5.92. The van der Waals surface area contributed by atoms with E-state index in [1.54, 1.807) is 12.1 Å². The SMILES string of the molecule is COc1cc(NC(=O)Cn2cnc3cc(F)c(F)cc32)cc(OC)c1OC. The quantitative estimate of drug-likeness (QED) is 0.715. The summed E-state index contributed by atoms with van der Waals surface area (Å²) in [6.45, 7) is -0.141. The Morgan fingerprint density at radius 2 is 1.67 bits per heavy atom. The number of rotatable bonds is 6. The second kappa shape index (κ2) is 7.48. The Balaban J connectivity index is 1.83. The molecule has 3 rings (SSSR count). The van der Waals surface area contributed by atoms with Crippen LogP contribution in [0.25, 0.3) is 11.0 Å². The van der Waals surface area contributed by atoms with Crippen LogP contribution in [0.1, 0.15) is 0 Å². The van der Waals surface area contributed by atoms with Crippen LogP contribution < -0.4 is 19.5 Å². The summed E-state index contributed by atoms with van der Waals surface area (Å²) in [6.07, 6.45) is 1.35. The third kappa shape index (κ3) is 3.62. The van der Waals surface area contributed by atoms with Crippen molar-refractivity contribution in [3.63, 3.8) is 0 Å². The summed E-state index contributed by atoms with van der Waals surface area (Å²) in [5.74, 6) is -1.22. The van der Waals surface area contributed by atoms with Crippen molar-refractivity contribution in [2.75, 3.05) is 26.6 Å². The molecule has 0 saturated carbocycles. The molecule has 7 nitrogen and oxygen atoms in total. The van der Waals surface area contributed by atoms with Crippen LogP contribution in [0.4, 0.5) is 14.5 Å². The molecule has 9 heteroatoms. The molecule has 0 fully saturated rings. The van der Waals surface area contributed by atoms with Gasteiger partial charge in [-0.3, -0.25) is 4.79 Å². The molecule has 0 aliphatic heterocycles. The second-order valence-electron chi connectivity index (χ2n) is 5.59. The van der Waals surface area contributed by atoms with Gasteiger partial charge < -0.3 is 24.1 Å². The zero-order valence-electron chi connectivity index (χ0n) is 14.9. The molecule has 0 radical (unpaired) electrons. The van der Waals surface area contributed by atoms with Gasteiger partial charge in [0.15, 0.2) is 23.1 Å². The molecule has 142 valence electrons. The Hall–Kier alpha value is -3.36. The van der Waals surface area contributed by atoms with Crippen molar-refractivity contribution in [2.24, 2.45) is 0 Å². The third-order valence-electron chi connectivity index (χ3n) is 3.93. The maximum absolute atomic E-state index is 13.5. The van der Waals surface area contributed by atoms with Gasteiger partial charge in [0, 0.05) is 30.0 Å². The van der Waals surface area contributed by atoms with E-state index in [2.05, 4.69) is 10.3 Å². The molecule has 2 aromatic carbocycles. The molecule has 0 unspecified atom stereocenters. The normalized spacial score (nSPS) is 10.7. The smallest absolute Gasteiger partial charge is 0.244 e. The number of hydrogen-bond acceptors (Lipinski definition) is 5. The highest BCUT2D eigenvalue weighted by Gasteiger charge is 2.16. The van der Waals surface area contributed by atoms with E-state index in [4.69, 9.17) is 14.2 Å². The summed E-state index contributed by atoms with van der Waals surface area (Å²) in [4.78, 5) is 16.4. The van der Waals surface area contributed by atoms with Gasteiger partial charge >= 0.3 is 0 Å². The minimum absolute atomic E-state index is 0.141. The Bertz CT molecular complexity index is 979. The first-order valence-electron chi connectivity index (χ1n) is 7.86. The number of carbonyl (C=O) groups excluding carboxylic acids is 1. The number of aromatic nitrogens is 2. The molecular formula is C18H17F2N3O4. The Morgan fingerprint density at radius 3 is 2.26 bits per heavy atom. The lowest BCUT2D eigenvalue weighted by atomic mass is 10.2. The number of carbonyl (C=O) groups is 1. The maximum Gasteiger partial charge on any atom is 0.244 e. The molecule has 1 N–H and O–H groups in total. The van der Waals surface area contributed by atoms with Crippen LogP contribution in [0.5, 0.6) is 17.2 Å². The number of imidazole rings is 1. The van der Waals surface area contributed by atoms with Crippen molar-refractivity contribution in [3.05, 3.63) is 42.2 Å². The van der Waals surface area contributed by atoms with Gasteiger partial charge in [0.1, 0.15) is 6.54 Å². The molecule has 27 heavy (non-hydrogen) atoms. The summed E-state index contributed by atoms with van der Waals surface area (Å²) in [5, 5.41) is 2.70. The molecule has 0 saturated heterocycles. The predicted octanol–water partition coefficient (Wildman–Crippen LogP) is 2.98. The van der Waals surface area contributed by atoms with Gasteiger partial charge in [0.05, 0.1) is 38.7 Å². The molecule has 0 aliphatic carbocycles. The van der Waals surface area contributed by atoms with Crippen LogP contribution in [0.3, 0.4) is 0 Å². The van der Waals surface area contributed by atoms with E-state index < -0.39 is 17.5 Å². The average Bonchev–Trinajstić information content (AvgIpc) is 3.02. The first-order valence-corrected chi connectivity index (χ1v) is 7.86. The fourth-order valence-corrected chi connectivity index (χ4v) is 2.69. The van der Waals surface area contributed by atoms with E-state index in [9.17, 15) is 13.6 Å². The number of nitrogens with one attached hydrogen (secondary N) is 1. The lowest BCUT2D eigenvalue weighted by molar-refractivity contribution is -0.116. The number of methoxy groups -OCH3 is 3. The third-order valence-corrected chi connectivity index (χ3v) is 3.93. The van der Waals surface area contributed by atoms with Gasteiger partial charge in [-0.05, 0) is 0 Å². The molecule has 0 bridgehead atoms. The number of amides is 1. The predicted molar refractivity (Wildman–Crippen MR) is 94.4 cm³/mol. The van der Waals surface area contributed by atoms with Gasteiger partial charge in [-0.2, -0.15) is 0 Å². The molecule has 1 aromatic heterocycles. The zero-order valence-corrected chi connectivity index (χ0v) is 14.9. The van der Waals surface area contributed by atoms with Crippen LogP contribution in [0, 0.1) is 11.6 Å². The number of anilines is 1. The summed E-state index contributed by atoms with van der Waals surface area (Å²) >= 11 is 0. The molecular weight excluding hydrogens is 360 g/mol. The minimum atomic E-state index is -1.01. The number of fused-ring (bicyclic) bond motifs is 1. The molecule has 0 atom stereocenters. The van der Waals surface area contributed by atoms with E-state index in [0.717, 1.165) is 12.1 Å². The van der Waals surface area contributed by atoms with Crippen molar-refractivity contribution in [1.29, 1.82) is 0 Å².